The van der Waals surface area contributed by atoms with Gasteiger partial charge >= 0.3 is 0 Å². The molecule has 35 heavy (non-hydrogen) atoms. The standard InChI is InChI=1S/C28H33N3O3S/c1-22-12-14-27(15-13-22)35(33,34)30(2)26-11-7-10-25(19-26)28(32)29-20-23-8-6-9-24(18-23)21-31-16-4-3-5-17-31/h6-15,18-19H,3-5,16-17,20-21H2,1-2H3,(H,29,32). The van der Waals surface area contributed by atoms with E-state index in [0.29, 0.717) is 17.8 Å². The van der Waals surface area contributed by atoms with Crippen LogP contribution in [0.4, 0.5) is 5.69 Å². The highest BCUT2D eigenvalue weighted by molar-refractivity contribution is 7.92. The summed E-state index contributed by atoms with van der Waals surface area (Å²) in [5.41, 5.74) is 4.13. The molecule has 4 rings (SSSR count). The van der Waals surface area contributed by atoms with Crippen LogP contribution in [0.3, 0.4) is 0 Å². The minimum Gasteiger partial charge on any atom is -0.348 e. The molecule has 0 saturated carbocycles. The quantitative estimate of drug-likeness (QED) is 0.494. The number of sulfonamides is 1. The maximum absolute atomic E-state index is 13.0. The van der Waals surface area contributed by atoms with Crippen LogP contribution in [-0.2, 0) is 23.1 Å². The van der Waals surface area contributed by atoms with Crippen LogP contribution < -0.4 is 9.62 Å². The first-order valence-electron chi connectivity index (χ1n) is 12.1. The molecule has 3 aromatic carbocycles. The summed E-state index contributed by atoms with van der Waals surface area (Å²) in [5.74, 6) is -0.241. The molecule has 1 aliphatic heterocycles. The average molecular weight is 492 g/mol. The Bertz CT molecular complexity index is 1270. The number of carbonyl (C=O) groups is 1. The second-order valence-electron chi connectivity index (χ2n) is 9.18. The minimum absolute atomic E-state index is 0.213. The SMILES string of the molecule is Cc1ccc(S(=O)(=O)N(C)c2cccc(C(=O)NCc3cccc(CN4CCCCC4)c3)c2)cc1. The molecule has 1 amide bonds. The van der Waals surface area contributed by atoms with Crippen molar-refractivity contribution in [3.8, 4) is 0 Å². The number of piperidine rings is 1. The highest BCUT2D eigenvalue weighted by Gasteiger charge is 2.22. The fourth-order valence-corrected chi connectivity index (χ4v) is 5.54. The van der Waals surface area contributed by atoms with E-state index >= 15 is 0 Å². The van der Waals surface area contributed by atoms with E-state index in [0.717, 1.165) is 30.8 Å². The predicted octanol–water partition coefficient (Wildman–Crippen LogP) is 4.74. The summed E-state index contributed by atoms with van der Waals surface area (Å²) in [6, 6.07) is 21.7. The first kappa shape index (κ1) is 24.9. The lowest BCUT2D eigenvalue weighted by atomic mass is 10.1. The third-order valence-electron chi connectivity index (χ3n) is 6.45. The number of carbonyl (C=O) groups excluding carboxylic acids is 1. The highest BCUT2D eigenvalue weighted by Crippen LogP contribution is 2.23. The van der Waals surface area contributed by atoms with Gasteiger partial charge in [0.15, 0.2) is 0 Å². The van der Waals surface area contributed by atoms with Crippen LogP contribution in [0.2, 0.25) is 0 Å². The summed E-state index contributed by atoms with van der Waals surface area (Å²) in [4.78, 5) is 15.6. The van der Waals surface area contributed by atoms with Gasteiger partial charge in [0.05, 0.1) is 10.6 Å². The van der Waals surface area contributed by atoms with Gasteiger partial charge in [0.1, 0.15) is 0 Å². The number of nitrogens with one attached hydrogen (secondary N) is 1. The van der Waals surface area contributed by atoms with Crippen molar-refractivity contribution in [1.82, 2.24) is 10.2 Å². The maximum atomic E-state index is 13.0. The zero-order valence-electron chi connectivity index (χ0n) is 20.4. The Hall–Kier alpha value is -3.16. The lowest BCUT2D eigenvalue weighted by Crippen LogP contribution is -2.29. The molecule has 0 aromatic heterocycles. The summed E-state index contributed by atoms with van der Waals surface area (Å²) in [7, 11) is -2.23. The molecule has 184 valence electrons. The van der Waals surface area contributed by atoms with E-state index in [2.05, 4.69) is 22.3 Å². The molecule has 1 heterocycles. The normalized spacial score (nSPS) is 14.5. The molecular formula is C28H33N3O3S. The van der Waals surface area contributed by atoms with Gasteiger partial charge in [-0.3, -0.25) is 14.0 Å². The van der Waals surface area contributed by atoms with Crippen molar-refractivity contribution in [2.24, 2.45) is 0 Å². The van der Waals surface area contributed by atoms with Crippen molar-refractivity contribution in [2.45, 2.75) is 44.2 Å². The minimum atomic E-state index is -3.73. The fourth-order valence-electron chi connectivity index (χ4n) is 4.35. The molecule has 3 aromatic rings. The van der Waals surface area contributed by atoms with Crippen LogP contribution in [0.15, 0.2) is 77.7 Å². The number of anilines is 1. The number of benzene rings is 3. The van der Waals surface area contributed by atoms with Crippen molar-refractivity contribution in [2.75, 3.05) is 24.4 Å². The topological polar surface area (TPSA) is 69.7 Å². The molecule has 1 fully saturated rings. The number of aryl methyl sites for hydroxylation is 1. The fraction of sp³-hybridized carbons (Fsp3) is 0.321. The number of likely N-dealkylation sites (tertiary alicyclic amines) is 1. The summed E-state index contributed by atoms with van der Waals surface area (Å²) < 4.78 is 27.3. The van der Waals surface area contributed by atoms with E-state index in [1.165, 1.54) is 36.2 Å². The Kier molecular flexibility index (Phi) is 7.88. The van der Waals surface area contributed by atoms with Crippen LogP contribution in [0.25, 0.3) is 0 Å². The zero-order chi connectivity index (χ0) is 24.8. The Labute approximate surface area is 208 Å². The van der Waals surface area contributed by atoms with Crippen molar-refractivity contribution < 1.29 is 13.2 Å². The zero-order valence-corrected chi connectivity index (χ0v) is 21.2. The molecule has 0 aliphatic carbocycles. The molecule has 1 saturated heterocycles. The van der Waals surface area contributed by atoms with E-state index in [4.69, 9.17) is 0 Å². The van der Waals surface area contributed by atoms with E-state index in [-0.39, 0.29) is 10.8 Å². The van der Waals surface area contributed by atoms with Gasteiger partial charge in [0, 0.05) is 25.7 Å². The first-order chi connectivity index (χ1) is 16.8. The van der Waals surface area contributed by atoms with Crippen molar-refractivity contribution >= 4 is 21.6 Å². The van der Waals surface area contributed by atoms with Gasteiger partial charge < -0.3 is 5.32 Å². The molecular weight excluding hydrogens is 458 g/mol. The van der Waals surface area contributed by atoms with Crippen LogP contribution >= 0.6 is 0 Å². The van der Waals surface area contributed by atoms with E-state index < -0.39 is 10.0 Å². The number of amides is 1. The van der Waals surface area contributed by atoms with Gasteiger partial charge in [-0.25, -0.2) is 8.42 Å². The van der Waals surface area contributed by atoms with E-state index in [1.54, 1.807) is 48.5 Å². The molecule has 0 spiro atoms. The predicted molar refractivity (Wildman–Crippen MR) is 140 cm³/mol. The van der Waals surface area contributed by atoms with Gasteiger partial charge in [0.25, 0.3) is 15.9 Å². The van der Waals surface area contributed by atoms with Gasteiger partial charge in [-0.2, -0.15) is 0 Å². The Balaban J connectivity index is 1.41. The number of nitrogens with zero attached hydrogens (tertiary/aromatic N) is 2. The lowest BCUT2D eigenvalue weighted by Gasteiger charge is -2.26. The third-order valence-corrected chi connectivity index (χ3v) is 8.25. The maximum Gasteiger partial charge on any atom is 0.264 e. The second-order valence-corrected chi connectivity index (χ2v) is 11.1. The average Bonchev–Trinajstić information content (AvgIpc) is 2.88. The highest BCUT2D eigenvalue weighted by atomic mass is 32.2. The summed E-state index contributed by atoms with van der Waals surface area (Å²) in [6.45, 7) is 5.55. The first-order valence-corrected chi connectivity index (χ1v) is 13.5. The van der Waals surface area contributed by atoms with Crippen LogP contribution in [0.5, 0.6) is 0 Å². The summed E-state index contributed by atoms with van der Waals surface area (Å²) in [6.07, 6.45) is 3.84. The molecule has 7 heteroatoms. The molecule has 0 bridgehead atoms. The molecule has 6 nitrogen and oxygen atoms in total. The van der Waals surface area contributed by atoms with Gasteiger partial charge in [-0.15, -0.1) is 0 Å². The molecule has 0 radical (unpaired) electrons. The molecule has 0 atom stereocenters. The van der Waals surface area contributed by atoms with Gasteiger partial charge in [-0.05, 0) is 74.3 Å². The molecule has 1 aliphatic rings. The Morgan fingerprint density at radius 3 is 2.34 bits per heavy atom. The monoisotopic (exact) mass is 491 g/mol. The number of hydrogen-bond acceptors (Lipinski definition) is 4. The van der Waals surface area contributed by atoms with Crippen LogP contribution in [0.1, 0.15) is 46.3 Å². The van der Waals surface area contributed by atoms with Crippen LogP contribution in [0, 0.1) is 6.92 Å². The summed E-state index contributed by atoms with van der Waals surface area (Å²) in [5, 5.41) is 2.97. The van der Waals surface area contributed by atoms with E-state index in [9.17, 15) is 13.2 Å². The smallest absolute Gasteiger partial charge is 0.264 e. The molecule has 1 N–H and O–H groups in total. The molecule has 0 unspecified atom stereocenters. The largest absolute Gasteiger partial charge is 0.348 e. The van der Waals surface area contributed by atoms with Crippen molar-refractivity contribution in [1.29, 1.82) is 0 Å². The van der Waals surface area contributed by atoms with Gasteiger partial charge in [0.2, 0.25) is 0 Å². The Morgan fingerprint density at radius 2 is 1.60 bits per heavy atom. The number of rotatable bonds is 8. The van der Waals surface area contributed by atoms with E-state index in [1.807, 2.05) is 19.1 Å². The number of hydrogen-bond donors (Lipinski definition) is 1. The van der Waals surface area contributed by atoms with Crippen LogP contribution in [-0.4, -0.2) is 39.4 Å². The van der Waals surface area contributed by atoms with Crippen molar-refractivity contribution in [3.05, 3.63) is 95.1 Å². The third kappa shape index (κ3) is 6.29. The Morgan fingerprint density at radius 1 is 0.914 bits per heavy atom. The summed E-state index contributed by atoms with van der Waals surface area (Å²) >= 11 is 0. The van der Waals surface area contributed by atoms with Gasteiger partial charge in [-0.1, -0.05) is 54.4 Å². The second kappa shape index (κ2) is 11.1. The van der Waals surface area contributed by atoms with Crippen molar-refractivity contribution in [3.63, 3.8) is 0 Å². The lowest BCUT2D eigenvalue weighted by molar-refractivity contribution is 0.0951.